The molecule has 3 aromatic rings. The molecule has 0 bridgehead atoms. The molecule has 0 saturated carbocycles. The number of hydrogen-bond acceptors (Lipinski definition) is 0. The van der Waals surface area contributed by atoms with Gasteiger partial charge in [-0.1, -0.05) is 46.3 Å². The van der Waals surface area contributed by atoms with Crippen molar-refractivity contribution in [1.29, 1.82) is 0 Å². The minimum Gasteiger partial charge on any atom is -0.200 e. The van der Waals surface area contributed by atoms with Crippen molar-refractivity contribution in [3.05, 3.63) is 77.0 Å². The Hall–Kier alpha value is -1.67. The van der Waals surface area contributed by atoms with Gasteiger partial charge in [0.15, 0.2) is 18.9 Å². The number of nitrogens with zero attached hydrogens (tertiary/aromatic N) is 1. The van der Waals surface area contributed by atoms with Crippen LogP contribution in [-0.4, -0.2) is 0 Å². The second-order valence-corrected chi connectivity index (χ2v) is 5.29. The first-order valence-corrected chi connectivity index (χ1v) is 6.73. The smallest absolute Gasteiger partial charge is 0.176 e. The Morgan fingerprint density at radius 3 is 2.56 bits per heavy atom. The van der Waals surface area contributed by atoms with Gasteiger partial charge in [-0.25, -0.2) is 4.57 Å². The van der Waals surface area contributed by atoms with Crippen molar-refractivity contribution in [3.63, 3.8) is 0 Å². The Kier molecular flexibility index (Phi) is 3.11. The van der Waals surface area contributed by atoms with Gasteiger partial charge in [-0.2, -0.15) is 0 Å². The van der Waals surface area contributed by atoms with E-state index in [4.69, 9.17) is 0 Å². The maximum absolute atomic E-state index is 3.51. The van der Waals surface area contributed by atoms with E-state index in [-0.39, 0.29) is 0 Å². The van der Waals surface area contributed by atoms with Crippen LogP contribution in [0.15, 0.2) is 71.5 Å². The highest BCUT2D eigenvalue weighted by molar-refractivity contribution is 9.10. The number of aromatic nitrogens is 1. The normalized spacial score (nSPS) is 10.7. The number of hydrogen-bond donors (Lipinski definition) is 0. The van der Waals surface area contributed by atoms with E-state index in [0.29, 0.717) is 0 Å². The molecule has 88 valence electrons. The predicted molar refractivity (Wildman–Crippen MR) is 77.4 cm³/mol. The van der Waals surface area contributed by atoms with Crippen LogP contribution in [0, 0.1) is 0 Å². The molecule has 0 aliphatic carbocycles. The van der Waals surface area contributed by atoms with Crippen molar-refractivity contribution in [3.8, 4) is 0 Å². The van der Waals surface area contributed by atoms with Crippen molar-refractivity contribution in [2.24, 2.45) is 0 Å². The van der Waals surface area contributed by atoms with Gasteiger partial charge in [0.1, 0.15) is 0 Å². The molecule has 0 fully saturated rings. The summed E-state index contributed by atoms with van der Waals surface area (Å²) in [4.78, 5) is 0. The zero-order valence-electron chi connectivity index (χ0n) is 9.88. The highest BCUT2D eigenvalue weighted by Gasteiger charge is 2.04. The van der Waals surface area contributed by atoms with E-state index in [0.717, 1.165) is 11.0 Å². The van der Waals surface area contributed by atoms with Gasteiger partial charge in [-0.05, 0) is 23.6 Å². The fourth-order valence-electron chi connectivity index (χ4n) is 2.12. The van der Waals surface area contributed by atoms with Gasteiger partial charge in [0, 0.05) is 21.5 Å². The molecule has 1 aromatic heterocycles. The quantitative estimate of drug-likeness (QED) is 0.631. The summed E-state index contributed by atoms with van der Waals surface area (Å²) in [5.41, 5.74) is 1.30. The fraction of sp³-hybridized carbons (Fsp3) is 0.0625. The van der Waals surface area contributed by atoms with Crippen LogP contribution in [0.5, 0.6) is 0 Å². The Bertz CT molecular complexity index is 691. The SMILES string of the molecule is Brc1cccc(C[n+]2ccc3ccccc3c2)c1. The lowest BCUT2D eigenvalue weighted by atomic mass is 10.1. The van der Waals surface area contributed by atoms with E-state index in [1.54, 1.807) is 0 Å². The molecule has 2 heteroatoms. The second-order valence-electron chi connectivity index (χ2n) is 4.38. The largest absolute Gasteiger partial charge is 0.200 e. The molecule has 0 atom stereocenters. The molecule has 1 heterocycles. The number of rotatable bonds is 2. The summed E-state index contributed by atoms with van der Waals surface area (Å²) in [6.07, 6.45) is 4.32. The van der Waals surface area contributed by atoms with E-state index in [9.17, 15) is 0 Å². The van der Waals surface area contributed by atoms with Gasteiger partial charge in [0.25, 0.3) is 0 Å². The van der Waals surface area contributed by atoms with E-state index in [1.165, 1.54) is 16.3 Å². The van der Waals surface area contributed by atoms with Crippen molar-refractivity contribution >= 4 is 26.7 Å². The fourth-order valence-corrected chi connectivity index (χ4v) is 2.57. The highest BCUT2D eigenvalue weighted by atomic mass is 79.9. The molecule has 0 unspecified atom stereocenters. The van der Waals surface area contributed by atoms with Gasteiger partial charge >= 0.3 is 0 Å². The first kappa shape index (κ1) is 11.4. The van der Waals surface area contributed by atoms with E-state index >= 15 is 0 Å². The molecule has 3 rings (SSSR count). The number of halogens is 1. The lowest BCUT2D eigenvalue weighted by molar-refractivity contribution is -0.687. The molecule has 1 nitrogen and oxygen atoms in total. The molecule has 18 heavy (non-hydrogen) atoms. The topological polar surface area (TPSA) is 3.88 Å². The van der Waals surface area contributed by atoms with Crippen LogP contribution in [0.25, 0.3) is 10.8 Å². The molecule has 0 saturated heterocycles. The molecule has 0 radical (unpaired) electrons. The lowest BCUT2D eigenvalue weighted by Gasteiger charge is -2.00. The zero-order valence-corrected chi connectivity index (χ0v) is 11.5. The van der Waals surface area contributed by atoms with E-state index in [1.807, 2.05) is 0 Å². The zero-order chi connectivity index (χ0) is 12.4. The van der Waals surface area contributed by atoms with E-state index in [2.05, 4.69) is 87.5 Å². The summed E-state index contributed by atoms with van der Waals surface area (Å²) in [6, 6.07) is 19.0. The molecule has 0 N–H and O–H groups in total. The van der Waals surface area contributed by atoms with Crippen LogP contribution in [0.4, 0.5) is 0 Å². The molecule has 0 amide bonds. The minimum absolute atomic E-state index is 0.893. The van der Waals surface area contributed by atoms with Crippen LogP contribution in [0.1, 0.15) is 5.56 Å². The van der Waals surface area contributed by atoms with Crippen molar-refractivity contribution < 1.29 is 4.57 Å². The molecular formula is C16H13BrN+. The first-order valence-electron chi connectivity index (χ1n) is 5.93. The third-order valence-electron chi connectivity index (χ3n) is 3.00. The van der Waals surface area contributed by atoms with Gasteiger partial charge in [0.05, 0.1) is 0 Å². The number of fused-ring (bicyclic) bond motifs is 1. The third-order valence-corrected chi connectivity index (χ3v) is 3.49. The lowest BCUT2D eigenvalue weighted by Crippen LogP contribution is -2.33. The van der Waals surface area contributed by atoms with Crippen LogP contribution in [0.2, 0.25) is 0 Å². The Morgan fingerprint density at radius 2 is 1.72 bits per heavy atom. The average Bonchev–Trinajstić information content (AvgIpc) is 2.39. The van der Waals surface area contributed by atoms with Crippen molar-refractivity contribution in [1.82, 2.24) is 0 Å². The summed E-state index contributed by atoms with van der Waals surface area (Å²) in [5.74, 6) is 0. The Labute approximate surface area is 115 Å². The molecule has 0 spiro atoms. The monoisotopic (exact) mass is 298 g/mol. The molecule has 0 aliphatic heterocycles. The number of pyridine rings is 1. The Morgan fingerprint density at radius 1 is 0.889 bits per heavy atom. The number of benzene rings is 2. The molecule has 2 aromatic carbocycles. The molecular weight excluding hydrogens is 286 g/mol. The van der Waals surface area contributed by atoms with Crippen LogP contribution in [-0.2, 0) is 6.54 Å². The van der Waals surface area contributed by atoms with Crippen molar-refractivity contribution in [2.45, 2.75) is 6.54 Å². The average molecular weight is 299 g/mol. The first-order chi connectivity index (χ1) is 8.81. The molecule has 0 aliphatic rings. The van der Waals surface area contributed by atoms with Crippen LogP contribution < -0.4 is 4.57 Å². The highest BCUT2D eigenvalue weighted by Crippen LogP contribution is 2.12. The minimum atomic E-state index is 0.893. The summed E-state index contributed by atoms with van der Waals surface area (Å²) in [6.45, 7) is 0.893. The standard InChI is InChI=1S/C16H13BrN/c17-16-7-3-4-13(10-16)11-18-9-8-14-5-1-2-6-15(14)12-18/h1-10,12H,11H2/q+1. The summed E-state index contributed by atoms with van der Waals surface area (Å²) >= 11 is 3.51. The summed E-state index contributed by atoms with van der Waals surface area (Å²) < 4.78 is 3.34. The van der Waals surface area contributed by atoms with Gasteiger partial charge in [-0.3, -0.25) is 0 Å². The van der Waals surface area contributed by atoms with Crippen molar-refractivity contribution in [2.75, 3.05) is 0 Å². The van der Waals surface area contributed by atoms with Gasteiger partial charge < -0.3 is 0 Å². The van der Waals surface area contributed by atoms with Gasteiger partial charge in [-0.15, -0.1) is 0 Å². The van der Waals surface area contributed by atoms with Crippen LogP contribution >= 0.6 is 15.9 Å². The predicted octanol–water partition coefficient (Wildman–Crippen LogP) is 3.94. The van der Waals surface area contributed by atoms with Gasteiger partial charge in [0.2, 0.25) is 0 Å². The second kappa shape index (κ2) is 4.91. The van der Waals surface area contributed by atoms with Crippen LogP contribution in [0.3, 0.4) is 0 Å². The van der Waals surface area contributed by atoms with E-state index < -0.39 is 0 Å². The maximum atomic E-state index is 3.51. The Balaban J connectivity index is 1.95. The third kappa shape index (κ3) is 2.44. The summed E-state index contributed by atoms with van der Waals surface area (Å²) in [7, 11) is 0. The summed E-state index contributed by atoms with van der Waals surface area (Å²) in [5, 5.41) is 2.55. The maximum Gasteiger partial charge on any atom is 0.176 e.